The second kappa shape index (κ2) is 9.63. The van der Waals surface area contributed by atoms with Crippen LogP contribution < -0.4 is 5.56 Å². The average molecular weight is 461 g/mol. The van der Waals surface area contributed by atoms with E-state index >= 15 is 0 Å². The van der Waals surface area contributed by atoms with Crippen molar-refractivity contribution in [1.82, 2.24) is 9.55 Å². The highest BCUT2D eigenvalue weighted by Crippen LogP contribution is 2.42. The van der Waals surface area contributed by atoms with E-state index < -0.39 is 0 Å². The summed E-state index contributed by atoms with van der Waals surface area (Å²) in [5, 5.41) is 1.69. The standard InChI is InChI=1S/C27H28N2OS2/c1-2-3-4-10-17-31-27-28-25-23(26(30)29(27)18-19-11-6-5-7-12-19)22-16-15-20-13-8-9-14-21(20)24(22)32-25/h5-9,11-14H,2-4,10,15-18H2,1H3. The predicted molar refractivity (Wildman–Crippen MR) is 137 cm³/mol. The highest BCUT2D eigenvalue weighted by Gasteiger charge is 2.25. The average Bonchev–Trinajstić information content (AvgIpc) is 3.21. The summed E-state index contributed by atoms with van der Waals surface area (Å²) in [7, 11) is 0. The molecule has 0 amide bonds. The molecule has 0 bridgehead atoms. The van der Waals surface area contributed by atoms with Crippen molar-refractivity contribution in [2.24, 2.45) is 0 Å². The van der Waals surface area contributed by atoms with Crippen molar-refractivity contribution in [3.8, 4) is 10.4 Å². The van der Waals surface area contributed by atoms with Gasteiger partial charge in [-0.2, -0.15) is 0 Å². The Labute approximate surface area is 197 Å². The lowest BCUT2D eigenvalue weighted by Gasteiger charge is -2.16. The van der Waals surface area contributed by atoms with Crippen molar-refractivity contribution in [1.29, 1.82) is 0 Å². The molecule has 0 radical (unpaired) electrons. The fourth-order valence-electron chi connectivity index (χ4n) is 4.50. The van der Waals surface area contributed by atoms with Gasteiger partial charge in [0.2, 0.25) is 0 Å². The molecule has 164 valence electrons. The number of fused-ring (bicyclic) bond motifs is 5. The van der Waals surface area contributed by atoms with E-state index in [9.17, 15) is 4.79 Å². The molecule has 1 aliphatic rings. The van der Waals surface area contributed by atoms with Crippen LogP contribution in [0.25, 0.3) is 20.7 Å². The molecular formula is C27H28N2OS2. The van der Waals surface area contributed by atoms with Gasteiger partial charge in [-0.1, -0.05) is 92.5 Å². The van der Waals surface area contributed by atoms with Crippen molar-refractivity contribution in [2.45, 2.75) is 57.1 Å². The predicted octanol–water partition coefficient (Wildman–Crippen LogP) is 6.94. The van der Waals surface area contributed by atoms with E-state index in [0.717, 1.165) is 46.0 Å². The van der Waals surface area contributed by atoms with Crippen LogP contribution in [0.1, 0.15) is 49.3 Å². The number of hydrogen-bond donors (Lipinski definition) is 0. The maximum Gasteiger partial charge on any atom is 0.263 e. The third-order valence-corrected chi connectivity index (χ3v) is 8.42. The molecule has 5 heteroatoms. The Morgan fingerprint density at radius 3 is 2.66 bits per heavy atom. The van der Waals surface area contributed by atoms with Gasteiger partial charge >= 0.3 is 0 Å². The minimum absolute atomic E-state index is 0.117. The summed E-state index contributed by atoms with van der Waals surface area (Å²) in [6.45, 7) is 2.80. The summed E-state index contributed by atoms with van der Waals surface area (Å²) in [5.74, 6) is 1.00. The van der Waals surface area contributed by atoms with Gasteiger partial charge in [0.05, 0.1) is 11.9 Å². The molecule has 0 spiro atoms. The van der Waals surface area contributed by atoms with Crippen LogP contribution in [0.3, 0.4) is 0 Å². The number of benzene rings is 2. The number of aryl methyl sites for hydroxylation is 2. The van der Waals surface area contributed by atoms with Crippen LogP contribution in [0.4, 0.5) is 0 Å². The van der Waals surface area contributed by atoms with Gasteiger partial charge in [-0.25, -0.2) is 4.98 Å². The van der Waals surface area contributed by atoms with Crippen molar-refractivity contribution in [3.05, 3.63) is 81.6 Å². The summed E-state index contributed by atoms with van der Waals surface area (Å²) >= 11 is 3.43. The molecule has 0 aliphatic heterocycles. The van der Waals surface area contributed by atoms with Gasteiger partial charge in [0.1, 0.15) is 4.83 Å². The topological polar surface area (TPSA) is 34.9 Å². The van der Waals surface area contributed by atoms with Crippen molar-refractivity contribution in [2.75, 3.05) is 5.75 Å². The number of unbranched alkanes of at least 4 members (excludes halogenated alkanes) is 3. The van der Waals surface area contributed by atoms with Crippen molar-refractivity contribution >= 4 is 33.3 Å². The first-order valence-electron chi connectivity index (χ1n) is 11.6. The van der Waals surface area contributed by atoms with Gasteiger partial charge < -0.3 is 0 Å². The number of nitrogens with zero attached hydrogens (tertiary/aromatic N) is 2. The van der Waals surface area contributed by atoms with Crippen LogP contribution in [-0.2, 0) is 19.4 Å². The summed E-state index contributed by atoms with van der Waals surface area (Å²) < 4.78 is 1.91. The largest absolute Gasteiger partial charge is 0.283 e. The fraction of sp³-hybridized carbons (Fsp3) is 0.333. The Bertz CT molecular complexity index is 1290. The van der Waals surface area contributed by atoms with Crippen LogP contribution in [0, 0.1) is 0 Å². The zero-order valence-corrected chi connectivity index (χ0v) is 20.1. The van der Waals surface area contributed by atoms with E-state index in [4.69, 9.17) is 4.98 Å². The van der Waals surface area contributed by atoms with E-state index in [2.05, 4.69) is 43.3 Å². The lowest BCUT2D eigenvalue weighted by molar-refractivity contribution is 0.656. The third kappa shape index (κ3) is 4.16. The maximum atomic E-state index is 13.9. The molecular weight excluding hydrogens is 432 g/mol. The number of thioether (sulfide) groups is 1. The molecule has 0 unspecified atom stereocenters. The zero-order chi connectivity index (χ0) is 21.9. The van der Waals surface area contributed by atoms with Crippen LogP contribution in [0.5, 0.6) is 0 Å². The lowest BCUT2D eigenvalue weighted by atomic mass is 9.90. The summed E-state index contributed by atoms with van der Waals surface area (Å²) in [4.78, 5) is 21.1. The number of rotatable bonds is 8. The van der Waals surface area contributed by atoms with Gasteiger partial charge in [0.25, 0.3) is 5.56 Å². The Hall–Kier alpha value is -2.37. The second-order valence-electron chi connectivity index (χ2n) is 8.43. The summed E-state index contributed by atoms with van der Waals surface area (Å²) in [5.41, 5.74) is 5.11. The molecule has 1 aliphatic carbocycles. The van der Waals surface area contributed by atoms with E-state index in [1.165, 1.54) is 40.8 Å². The lowest BCUT2D eigenvalue weighted by Crippen LogP contribution is -2.24. The third-order valence-electron chi connectivity index (χ3n) is 6.19. The molecule has 5 rings (SSSR count). The molecule has 3 nitrogen and oxygen atoms in total. The monoisotopic (exact) mass is 460 g/mol. The molecule has 2 aromatic heterocycles. The molecule has 0 N–H and O–H groups in total. The van der Waals surface area contributed by atoms with Gasteiger partial charge in [-0.05, 0) is 41.5 Å². The maximum absolute atomic E-state index is 13.9. The summed E-state index contributed by atoms with van der Waals surface area (Å²) in [6, 6.07) is 18.9. The van der Waals surface area contributed by atoms with E-state index in [-0.39, 0.29) is 5.56 Å². The molecule has 0 saturated heterocycles. The molecule has 0 fully saturated rings. The second-order valence-corrected chi connectivity index (χ2v) is 10.5. The van der Waals surface area contributed by atoms with Crippen molar-refractivity contribution in [3.63, 3.8) is 0 Å². The quantitative estimate of drug-likeness (QED) is 0.162. The van der Waals surface area contributed by atoms with Crippen LogP contribution in [0.2, 0.25) is 0 Å². The molecule has 4 aromatic rings. The van der Waals surface area contributed by atoms with Crippen LogP contribution in [0.15, 0.2) is 64.5 Å². The molecule has 2 heterocycles. The first kappa shape index (κ1) is 21.5. The number of thiophene rings is 1. The Balaban J connectivity index is 1.59. The number of aromatic nitrogens is 2. The van der Waals surface area contributed by atoms with Crippen LogP contribution in [-0.4, -0.2) is 15.3 Å². The Kier molecular flexibility index (Phi) is 6.47. The molecule has 2 aromatic carbocycles. The normalized spacial score (nSPS) is 12.7. The van der Waals surface area contributed by atoms with E-state index in [1.807, 2.05) is 22.8 Å². The highest BCUT2D eigenvalue weighted by molar-refractivity contribution is 7.99. The molecule has 0 saturated carbocycles. The van der Waals surface area contributed by atoms with Crippen LogP contribution >= 0.6 is 23.1 Å². The molecule has 0 atom stereocenters. The first-order chi connectivity index (χ1) is 15.8. The van der Waals surface area contributed by atoms with Crippen molar-refractivity contribution < 1.29 is 0 Å². The first-order valence-corrected chi connectivity index (χ1v) is 13.4. The minimum Gasteiger partial charge on any atom is -0.283 e. The van der Waals surface area contributed by atoms with Gasteiger partial charge in [0.15, 0.2) is 5.16 Å². The van der Waals surface area contributed by atoms with Gasteiger partial charge in [-0.3, -0.25) is 9.36 Å². The SMILES string of the molecule is CCCCCCSc1nc2sc3c(c2c(=O)n1Cc1ccccc1)CCc1ccccc1-3. The Morgan fingerprint density at radius 1 is 1.00 bits per heavy atom. The number of hydrogen-bond acceptors (Lipinski definition) is 4. The molecule has 32 heavy (non-hydrogen) atoms. The van der Waals surface area contributed by atoms with E-state index in [0.29, 0.717) is 6.54 Å². The minimum atomic E-state index is 0.117. The fourth-order valence-corrected chi connectivity index (χ4v) is 6.83. The Morgan fingerprint density at radius 2 is 1.81 bits per heavy atom. The highest BCUT2D eigenvalue weighted by atomic mass is 32.2. The zero-order valence-electron chi connectivity index (χ0n) is 18.5. The van der Waals surface area contributed by atoms with Gasteiger partial charge in [0, 0.05) is 10.6 Å². The summed E-state index contributed by atoms with van der Waals surface area (Å²) in [6.07, 6.45) is 6.79. The smallest absolute Gasteiger partial charge is 0.263 e. The van der Waals surface area contributed by atoms with Gasteiger partial charge in [-0.15, -0.1) is 11.3 Å². The van der Waals surface area contributed by atoms with E-state index in [1.54, 1.807) is 23.1 Å².